The van der Waals surface area contributed by atoms with Crippen LogP contribution in [0.2, 0.25) is 0 Å². The second-order valence-corrected chi connectivity index (χ2v) is 11.1. The van der Waals surface area contributed by atoms with Gasteiger partial charge >= 0.3 is 0 Å². The van der Waals surface area contributed by atoms with Crippen LogP contribution in [-0.4, -0.2) is 29.6 Å². The minimum Gasteiger partial charge on any atom is -0.352 e. The lowest BCUT2D eigenvalue weighted by molar-refractivity contribution is -0.121. The molecule has 0 saturated carbocycles. The van der Waals surface area contributed by atoms with Crippen molar-refractivity contribution in [2.45, 2.75) is 24.4 Å². The van der Waals surface area contributed by atoms with Crippen LogP contribution in [0.4, 0.5) is 11.4 Å². The lowest BCUT2D eigenvalue weighted by Crippen LogP contribution is -2.51. The molecule has 1 spiro atoms. The van der Waals surface area contributed by atoms with E-state index in [4.69, 9.17) is 0 Å². The molecule has 0 radical (unpaired) electrons. The molecule has 1 amide bonds. The van der Waals surface area contributed by atoms with Crippen LogP contribution in [0.5, 0.6) is 0 Å². The quantitative estimate of drug-likeness (QED) is 0.343. The van der Waals surface area contributed by atoms with Crippen LogP contribution in [0.15, 0.2) is 96.4 Å². The normalized spacial score (nSPS) is 24.6. The number of fused-ring (bicyclic) bond motifs is 6. The third kappa shape index (κ3) is 3.01. The molecular formula is C32H24N2O3S. The van der Waals surface area contributed by atoms with Crippen LogP contribution < -0.4 is 10.2 Å². The highest BCUT2D eigenvalue weighted by molar-refractivity contribution is 7.12. The predicted octanol–water partition coefficient (Wildman–Crippen LogP) is 5.91. The lowest BCUT2D eigenvalue weighted by atomic mass is 9.64. The van der Waals surface area contributed by atoms with E-state index in [2.05, 4.69) is 11.4 Å². The molecule has 1 N–H and O–H groups in total. The standard InChI is InChI=1S/C32H24N2O3S/c1-19-13-15-24-21(18-19)14-16-26-32(22-10-5-6-11-23(22)33-31(32)37)27(30(36)25-12-7-17-38-25)28(34(24)26)29(35)20-8-3-2-4-9-20/h2-18,26-28H,1H3,(H,33,37)/t26-,27-,28+,32-/m1/s1. The maximum atomic E-state index is 14.5. The van der Waals surface area contributed by atoms with Crippen LogP contribution >= 0.6 is 11.3 Å². The van der Waals surface area contributed by atoms with Gasteiger partial charge in [0.25, 0.3) is 0 Å². The highest BCUT2D eigenvalue weighted by Gasteiger charge is 2.70. The summed E-state index contributed by atoms with van der Waals surface area (Å²) in [6.07, 6.45) is 4.04. The van der Waals surface area contributed by atoms with Crippen molar-refractivity contribution in [2.75, 3.05) is 10.2 Å². The monoisotopic (exact) mass is 516 g/mol. The van der Waals surface area contributed by atoms with Crippen molar-refractivity contribution in [1.29, 1.82) is 0 Å². The average Bonchev–Trinajstić information content (AvgIpc) is 3.65. The number of aryl methyl sites for hydroxylation is 1. The first-order valence-electron chi connectivity index (χ1n) is 12.7. The number of ketones is 2. The largest absolute Gasteiger partial charge is 0.352 e. The van der Waals surface area contributed by atoms with Crippen LogP contribution in [0.1, 0.15) is 36.7 Å². The first-order valence-corrected chi connectivity index (χ1v) is 13.5. The molecule has 1 fully saturated rings. The third-order valence-corrected chi connectivity index (χ3v) is 9.05. The summed E-state index contributed by atoms with van der Waals surface area (Å²) in [5, 5.41) is 4.92. The molecule has 0 bridgehead atoms. The zero-order chi connectivity index (χ0) is 26.0. The zero-order valence-electron chi connectivity index (χ0n) is 20.6. The van der Waals surface area contributed by atoms with Gasteiger partial charge in [0.05, 0.1) is 16.8 Å². The minimum absolute atomic E-state index is 0.165. The van der Waals surface area contributed by atoms with Gasteiger partial charge in [-0.05, 0) is 47.7 Å². The Morgan fingerprint density at radius 3 is 2.50 bits per heavy atom. The molecule has 1 aromatic heterocycles. The van der Waals surface area contributed by atoms with Crippen LogP contribution in [0.3, 0.4) is 0 Å². The van der Waals surface area contributed by atoms with Crippen molar-refractivity contribution in [3.63, 3.8) is 0 Å². The van der Waals surface area contributed by atoms with E-state index in [9.17, 15) is 14.4 Å². The smallest absolute Gasteiger partial charge is 0.238 e. The number of thiophene rings is 1. The first-order chi connectivity index (χ1) is 18.5. The Balaban J connectivity index is 1.55. The second-order valence-electron chi connectivity index (χ2n) is 10.1. The van der Waals surface area contributed by atoms with Gasteiger partial charge in [0.2, 0.25) is 5.91 Å². The molecule has 5 nitrogen and oxygen atoms in total. The number of carbonyl (C=O) groups excluding carboxylic acids is 3. The zero-order valence-corrected chi connectivity index (χ0v) is 21.4. The second kappa shape index (κ2) is 8.36. The number of carbonyl (C=O) groups is 3. The number of nitrogens with one attached hydrogen (secondary N) is 1. The summed E-state index contributed by atoms with van der Waals surface area (Å²) in [4.78, 5) is 45.8. The Hall–Kier alpha value is -4.29. The van der Waals surface area contributed by atoms with Gasteiger partial charge in [0.1, 0.15) is 11.5 Å². The van der Waals surface area contributed by atoms with Crippen molar-refractivity contribution in [2.24, 2.45) is 5.92 Å². The van der Waals surface area contributed by atoms with Gasteiger partial charge in [0.15, 0.2) is 11.6 Å². The number of benzene rings is 3. The number of rotatable bonds is 4. The number of hydrogen-bond acceptors (Lipinski definition) is 5. The van der Waals surface area contributed by atoms with Gasteiger partial charge < -0.3 is 10.2 Å². The van der Waals surface area contributed by atoms with E-state index in [0.29, 0.717) is 16.1 Å². The highest BCUT2D eigenvalue weighted by Crippen LogP contribution is 2.58. The number of nitrogens with zero attached hydrogens (tertiary/aromatic N) is 1. The van der Waals surface area contributed by atoms with Crippen molar-refractivity contribution >= 4 is 46.3 Å². The molecule has 3 aliphatic rings. The first kappa shape index (κ1) is 22.9. The Bertz CT molecular complexity index is 1640. The van der Waals surface area contributed by atoms with E-state index in [0.717, 1.165) is 22.4 Å². The fraction of sp³-hybridized carbons (Fsp3) is 0.156. The van der Waals surface area contributed by atoms with E-state index in [1.165, 1.54) is 11.3 Å². The Morgan fingerprint density at radius 2 is 1.71 bits per heavy atom. The van der Waals surface area contributed by atoms with Crippen molar-refractivity contribution in [3.05, 3.63) is 124 Å². The fourth-order valence-corrected chi connectivity index (χ4v) is 7.35. The van der Waals surface area contributed by atoms with Crippen LogP contribution in [0.25, 0.3) is 6.08 Å². The Kier molecular flexibility index (Phi) is 5.03. The number of amides is 1. The van der Waals surface area contributed by atoms with Crippen molar-refractivity contribution in [3.8, 4) is 0 Å². The van der Waals surface area contributed by atoms with Crippen molar-refractivity contribution in [1.82, 2.24) is 0 Å². The molecule has 3 aliphatic heterocycles. The van der Waals surface area contributed by atoms with Gasteiger partial charge in [-0.1, -0.05) is 78.4 Å². The molecule has 4 aromatic rings. The SMILES string of the molecule is Cc1ccc2c(c1)C=C[C@H]1N2[C@H](C(=O)c2ccccc2)[C@H](C(=O)c2cccs2)[C@]12C(=O)Nc1ccccc12. The molecule has 1 saturated heterocycles. The maximum absolute atomic E-state index is 14.5. The van der Waals surface area contributed by atoms with E-state index in [1.807, 2.05) is 90.0 Å². The summed E-state index contributed by atoms with van der Waals surface area (Å²) in [5.74, 6) is -1.52. The third-order valence-electron chi connectivity index (χ3n) is 8.16. The summed E-state index contributed by atoms with van der Waals surface area (Å²) in [6, 6.07) is 25.0. The van der Waals surface area contributed by atoms with Gasteiger partial charge in [0, 0.05) is 16.9 Å². The number of hydrogen-bond donors (Lipinski definition) is 1. The molecule has 0 unspecified atom stereocenters. The summed E-state index contributed by atoms with van der Waals surface area (Å²) < 4.78 is 0. The van der Waals surface area contributed by atoms with Crippen molar-refractivity contribution < 1.29 is 14.4 Å². The Morgan fingerprint density at radius 1 is 0.921 bits per heavy atom. The average molecular weight is 517 g/mol. The van der Waals surface area contributed by atoms with Gasteiger partial charge in [-0.3, -0.25) is 14.4 Å². The predicted molar refractivity (Wildman–Crippen MR) is 150 cm³/mol. The molecular weight excluding hydrogens is 492 g/mol. The molecule has 38 heavy (non-hydrogen) atoms. The summed E-state index contributed by atoms with van der Waals surface area (Å²) in [5.41, 5.74) is 3.63. The van der Waals surface area contributed by atoms with Crippen LogP contribution in [0, 0.1) is 12.8 Å². The summed E-state index contributed by atoms with van der Waals surface area (Å²) >= 11 is 1.34. The maximum Gasteiger partial charge on any atom is 0.238 e. The lowest BCUT2D eigenvalue weighted by Gasteiger charge is -2.37. The topological polar surface area (TPSA) is 66.5 Å². The van der Waals surface area contributed by atoms with E-state index in [1.54, 1.807) is 18.2 Å². The van der Waals surface area contributed by atoms with Gasteiger partial charge in [-0.25, -0.2) is 0 Å². The van der Waals surface area contributed by atoms with Gasteiger partial charge in [-0.2, -0.15) is 0 Å². The Labute approximate surface area is 224 Å². The van der Waals surface area contributed by atoms with E-state index in [-0.39, 0.29) is 17.5 Å². The number of anilines is 2. The molecule has 0 aliphatic carbocycles. The number of para-hydroxylation sites is 1. The summed E-state index contributed by atoms with van der Waals surface area (Å²) in [6.45, 7) is 2.03. The van der Waals surface area contributed by atoms with E-state index < -0.39 is 23.4 Å². The fourth-order valence-electron chi connectivity index (χ4n) is 6.64. The van der Waals surface area contributed by atoms with E-state index >= 15 is 0 Å². The molecule has 4 atom stereocenters. The van der Waals surface area contributed by atoms with Crippen LogP contribution in [-0.2, 0) is 10.2 Å². The summed E-state index contributed by atoms with van der Waals surface area (Å²) in [7, 11) is 0. The van der Waals surface area contributed by atoms with Gasteiger partial charge in [-0.15, -0.1) is 11.3 Å². The number of Topliss-reactive ketones (excluding diaryl/α,β-unsaturated/α-hetero) is 2. The highest BCUT2D eigenvalue weighted by atomic mass is 32.1. The molecule has 3 aromatic carbocycles. The molecule has 4 heterocycles. The molecule has 7 rings (SSSR count). The minimum atomic E-state index is -1.27. The molecule has 6 heteroatoms. The molecule has 186 valence electrons.